The first-order valence-electron chi connectivity index (χ1n) is 4.87. The number of hydrogen-bond donors (Lipinski definition) is 1. The maximum atomic E-state index is 4.25. The van der Waals surface area contributed by atoms with Crippen LogP contribution >= 0.6 is 15.9 Å². The predicted molar refractivity (Wildman–Crippen MR) is 66.0 cm³/mol. The second-order valence-electron chi connectivity index (χ2n) is 3.34. The Balaban J connectivity index is 2.08. The zero-order chi connectivity index (χ0) is 11.4. The highest BCUT2D eigenvalue weighted by molar-refractivity contribution is 9.10. The summed E-state index contributed by atoms with van der Waals surface area (Å²) in [6.07, 6.45) is 5.04. The van der Waals surface area contributed by atoms with Crippen molar-refractivity contribution in [2.24, 2.45) is 0 Å². The van der Waals surface area contributed by atoms with Crippen molar-refractivity contribution in [1.82, 2.24) is 15.0 Å². The number of hydrogen-bond acceptors (Lipinski definition) is 4. The lowest BCUT2D eigenvalue weighted by atomic mass is 10.3. The Morgan fingerprint density at radius 2 is 2.12 bits per heavy atom. The fourth-order valence-electron chi connectivity index (χ4n) is 1.26. The van der Waals surface area contributed by atoms with Crippen molar-refractivity contribution >= 4 is 21.7 Å². The fourth-order valence-corrected chi connectivity index (χ4v) is 1.64. The third kappa shape index (κ3) is 2.55. The predicted octanol–water partition coefficient (Wildman–Crippen LogP) is 2.55. The lowest BCUT2D eigenvalue weighted by Gasteiger charge is -2.08. The van der Waals surface area contributed by atoms with Crippen LogP contribution < -0.4 is 5.32 Å². The van der Waals surface area contributed by atoms with Crippen molar-refractivity contribution in [2.45, 2.75) is 13.5 Å². The lowest BCUT2D eigenvalue weighted by Crippen LogP contribution is -2.04. The molecule has 0 radical (unpaired) electrons. The summed E-state index contributed by atoms with van der Waals surface area (Å²) in [6, 6.07) is 3.83. The smallest absolute Gasteiger partial charge is 0.140 e. The van der Waals surface area contributed by atoms with Crippen molar-refractivity contribution in [3.63, 3.8) is 0 Å². The van der Waals surface area contributed by atoms with Crippen molar-refractivity contribution in [3.05, 3.63) is 46.6 Å². The first-order valence-corrected chi connectivity index (χ1v) is 5.66. The molecule has 0 saturated heterocycles. The van der Waals surface area contributed by atoms with Gasteiger partial charge in [0.05, 0.1) is 16.7 Å². The largest absolute Gasteiger partial charge is 0.363 e. The van der Waals surface area contributed by atoms with Crippen LogP contribution in [0.3, 0.4) is 0 Å². The van der Waals surface area contributed by atoms with Crippen LogP contribution in [-0.2, 0) is 6.54 Å². The van der Waals surface area contributed by atoms with E-state index in [1.54, 1.807) is 12.4 Å². The Bertz CT molecular complexity index is 473. The summed E-state index contributed by atoms with van der Waals surface area (Å²) in [5.74, 6) is 0.832. The Morgan fingerprint density at radius 3 is 2.88 bits per heavy atom. The summed E-state index contributed by atoms with van der Waals surface area (Å²) in [6.45, 7) is 2.67. The van der Waals surface area contributed by atoms with Gasteiger partial charge < -0.3 is 5.32 Å². The molecule has 0 atom stereocenters. The molecule has 0 amide bonds. The molecule has 82 valence electrons. The number of nitrogens with zero attached hydrogens (tertiary/aromatic N) is 3. The molecule has 4 nitrogen and oxygen atoms in total. The first kappa shape index (κ1) is 11.0. The molecule has 0 fully saturated rings. The molecule has 1 N–H and O–H groups in total. The molecule has 5 heteroatoms. The molecule has 2 aromatic rings. The molecule has 0 aliphatic heterocycles. The highest BCUT2D eigenvalue weighted by Gasteiger charge is 2.03. The van der Waals surface area contributed by atoms with Gasteiger partial charge in [-0.1, -0.05) is 0 Å². The minimum Gasteiger partial charge on any atom is -0.363 e. The van der Waals surface area contributed by atoms with Crippen LogP contribution in [0, 0.1) is 6.92 Å². The van der Waals surface area contributed by atoms with Crippen LogP contribution in [0.5, 0.6) is 0 Å². The van der Waals surface area contributed by atoms with E-state index in [1.807, 2.05) is 19.1 Å². The van der Waals surface area contributed by atoms with E-state index in [2.05, 4.69) is 36.2 Å². The number of aromatic nitrogens is 3. The van der Waals surface area contributed by atoms with Crippen LogP contribution in [-0.4, -0.2) is 15.0 Å². The van der Waals surface area contributed by atoms with Crippen LogP contribution in [0.4, 0.5) is 5.82 Å². The molecule has 0 spiro atoms. The number of rotatable bonds is 3. The van der Waals surface area contributed by atoms with Gasteiger partial charge in [0.2, 0.25) is 0 Å². The second kappa shape index (κ2) is 5.03. The van der Waals surface area contributed by atoms with E-state index in [0.29, 0.717) is 6.54 Å². The van der Waals surface area contributed by atoms with E-state index >= 15 is 0 Å². The quantitative estimate of drug-likeness (QED) is 0.938. The summed E-state index contributed by atoms with van der Waals surface area (Å²) in [4.78, 5) is 12.3. The van der Waals surface area contributed by atoms with Crippen molar-refractivity contribution in [3.8, 4) is 0 Å². The monoisotopic (exact) mass is 278 g/mol. The highest BCUT2D eigenvalue weighted by Crippen LogP contribution is 2.23. The van der Waals surface area contributed by atoms with E-state index in [1.165, 1.54) is 6.33 Å². The Morgan fingerprint density at radius 1 is 1.25 bits per heavy atom. The summed E-state index contributed by atoms with van der Waals surface area (Å²) in [5, 5.41) is 3.22. The van der Waals surface area contributed by atoms with E-state index in [9.17, 15) is 0 Å². The lowest BCUT2D eigenvalue weighted by molar-refractivity contribution is 0.993. The fraction of sp³-hybridized carbons (Fsp3) is 0.182. The number of halogens is 1. The van der Waals surface area contributed by atoms with E-state index in [4.69, 9.17) is 0 Å². The van der Waals surface area contributed by atoms with Gasteiger partial charge in [-0.25, -0.2) is 15.0 Å². The minimum atomic E-state index is 0.636. The molecular formula is C11H11BrN4. The van der Waals surface area contributed by atoms with Gasteiger partial charge in [0.15, 0.2) is 0 Å². The summed E-state index contributed by atoms with van der Waals surface area (Å²) < 4.78 is 0.990. The van der Waals surface area contributed by atoms with Gasteiger partial charge in [-0.15, -0.1) is 0 Å². The zero-order valence-corrected chi connectivity index (χ0v) is 10.4. The summed E-state index contributed by atoms with van der Waals surface area (Å²) >= 11 is 3.50. The normalized spacial score (nSPS) is 10.1. The van der Waals surface area contributed by atoms with Gasteiger partial charge in [-0.05, 0) is 40.5 Å². The Hall–Kier alpha value is -1.49. The maximum Gasteiger partial charge on any atom is 0.140 e. The van der Waals surface area contributed by atoms with Gasteiger partial charge in [0, 0.05) is 12.4 Å². The Kier molecular flexibility index (Phi) is 3.46. The second-order valence-corrected chi connectivity index (χ2v) is 4.14. The minimum absolute atomic E-state index is 0.636. The van der Waals surface area contributed by atoms with Crippen LogP contribution in [0.1, 0.15) is 11.3 Å². The molecule has 2 heterocycles. The molecule has 16 heavy (non-hydrogen) atoms. The molecule has 0 aliphatic carbocycles. The van der Waals surface area contributed by atoms with Gasteiger partial charge in [0.1, 0.15) is 12.1 Å². The first-order chi connectivity index (χ1) is 7.77. The average molecular weight is 279 g/mol. The average Bonchev–Trinajstić information content (AvgIpc) is 2.32. The molecule has 2 aromatic heterocycles. The summed E-state index contributed by atoms with van der Waals surface area (Å²) in [5.41, 5.74) is 2.09. The molecule has 0 bridgehead atoms. The standard InChI is InChI=1S/C11H11BrN4/c1-8-2-5-14-11(10(8)12)15-6-9-3-4-13-7-16-9/h2-5,7H,6H2,1H3,(H,14,15). The van der Waals surface area contributed by atoms with E-state index < -0.39 is 0 Å². The molecule has 0 unspecified atom stereocenters. The van der Waals surface area contributed by atoms with Crippen LogP contribution in [0.25, 0.3) is 0 Å². The van der Waals surface area contributed by atoms with Gasteiger partial charge >= 0.3 is 0 Å². The topological polar surface area (TPSA) is 50.7 Å². The third-order valence-corrected chi connectivity index (χ3v) is 3.16. The van der Waals surface area contributed by atoms with Gasteiger partial charge in [0.25, 0.3) is 0 Å². The van der Waals surface area contributed by atoms with Crippen LogP contribution in [0.2, 0.25) is 0 Å². The molecule has 0 aromatic carbocycles. The highest BCUT2D eigenvalue weighted by atomic mass is 79.9. The van der Waals surface area contributed by atoms with Gasteiger partial charge in [-0.2, -0.15) is 0 Å². The number of aryl methyl sites for hydroxylation is 1. The van der Waals surface area contributed by atoms with E-state index in [-0.39, 0.29) is 0 Å². The van der Waals surface area contributed by atoms with Crippen molar-refractivity contribution < 1.29 is 0 Å². The number of pyridine rings is 1. The molecule has 0 aliphatic rings. The van der Waals surface area contributed by atoms with Crippen LogP contribution in [0.15, 0.2) is 35.3 Å². The molecule has 2 rings (SSSR count). The number of nitrogens with one attached hydrogen (secondary N) is 1. The molecule has 0 saturated carbocycles. The number of anilines is 1. The SMILES string of the molecule is Cc1ccnc(NCc2ccncn2)c1Br. The third-order valence-electron chi connectivity index (χ3n) is 2.16. The summed E-state index contributed by atoms with van der Waals surface area (Å²) in [7, 11) is 0. The maximum absolute atomic E-state index is 4.25. The van der Waals surface area contributed by atoms with Crippen molar-refractivity contribution in [1.29, 1.82) is 0 Å². The Labute approximate surface area is 102 Å². The van der Waals surface area contributed by atoms with E-state index in [0.717, 1.165) is 21.5 Å². The van der Waals surface area contributed by atoms with Crippen molar-refractivity contribution in [2.75, 3.05) is 5.32 Å². The zero-order valence-electron chi connectivity index (χ0n) is 8.81. The van der Waals surface area contributed by atoms with Gasteiger partial charge in [-0.3, -0.25) is 0 Å². The molecular weight excluding hydrogens is 268 g/mol.